The van der Waals surface area contributed by atoms with E-state index in [9.17, 15) is 14.3 Å². The van der Waals surface area contributed by atoms with Crippen molar-refractivity contribution in [1.82, 2.24) is 4.90 Å². The number of nitrogens with zero attached hydrogens (tertiary/aromatic N) is 1. The van der Waals surface area contributed by atoms with Crippen molar-refractivity contribution < 1.29 is 19.0 Å². The third-order valence-electron chi connectivity index (χ3n) is 4.14. The fourth-order valence-electron chi connectivity index (χ4n) is 2.84. The topological polar surface area (TPSA) is 61.8 Å². The van der Waals surface area contributed by atoms with Gasteiger partial charge in [0.15, 0.2) is 0 Å². The third kappa shape index (κ3) is 5.01. The van der Waals surface area contributed by atoms with Crippen LogP contribution in [0.25, 0.3) is 0 Å². The van der Waals surface area contributed by atoms with E-state index in [2.05, 4.69) is 10.2 Å². The summed E-state index contributed by atoms with van der Waals surface area (Å²) in [7, 11) is 0. The Balaban J connectivity index is 1.53. The lowest BCUT2D eigenvalue weighted by Gasteiger charge is -2.15. The van der Waals surface area contributed by atoms with Crippen LogP contribution in [-0.2, 0) is 17.9 Å². The maximum absolute atomic E-state index is 14.2. The van der Waals surface area contributed by atoms with E-state index in [0.29, 0.717) is 13.1 Å². The van der Waals surface area contributed by atoms with Crippen LogP contribution >= 0.6 is 0 Å². The van der Waals surface area contributed by atoms with Crippen molar-refractivity contribution in [2.75, 3.05) is 18.4 Å². The van der Waals surface area contributed by atoms with Gasteiger partial charge in [0.1, 0.15) is 12.4 Å². The highest BCUT2D eigenvalue weighted by Crippen LogP contribution is 2.19. The summed E-state index contributed by atoms with van der Waals surface area (Å²) < 4.78 is 19.3. The second-order valence-electron chi connectivity index (χ2n) is 6.18. The Morgan fingerprint density at radius 3 is 2.72 bits per heavy atom. The number of carbonyl (C=O) groups is 1. The molecule has 0 bridgehead atoms. The summed E-state index contributed by atoms with van der Waals surface area (Å²) in [6, 6.07) is 14.0. The van der Waals surface area contributed by atoms with E-state index < -0.39 is 11.9 Å². The molecule has 3 rings (SSSR count). The molecule has 0 radical (unpaired) electrons. The van der Waals surface area contributed by atoms with Crippen LogP contribution in [0.2, 0.25) is 0 Å². The number of nitrogens with one attached hydrogen (secondary N) is 1. The number of amides is 1. The highest BCUT2D eigenvalue weighted by atomic mass is 19.1. The highest BCUT2D eigenvalue weighted by Gasteiger charge is 2.20. The summed E-state index contributed by atoms with van der Waals surface area (Å²) in [5.74, 6) is -0.506. The predicted octanol–water partition coefficient (Wildman–Crippen LogP) is 3.14. The van der Waals surface area contributed by atoms with E-state index in [4.69, 9.17) is 4.74 Å². The van der Waals surface area contributed by atoms with Gasteiger partial charge in [-0.2, -0.15) is 0 Å². The molecule has 1 fully saturated rings. The number of halogens is 1. The molecule has 2 N–H and O–H groups in total. The van der Waals surface area contributed by atoms with E-state index in [1.165, 1.54) is 12.1 Å². The van der Waals surface area contributed by atoms with Crippen LogP contribution in [0.1, 0.15) is 17.5 Å². The Morgan fingerprint density at radius 1 is 1.24 bits per heavy atom. The number of aliphatic hydroxyl groups is 1. The number of anilines is 1. The highest BCUT2D eigenvalue weighted by molar-refractivity contribution is 5.84. The number of rotatable bonds is 5. The summed E-state index contributed by atoms with van der Waals surface area (Å²) in [6.45, 7) is 2.11. The van der Waals surface area contributed by atoms with Gasteiger partial charge < -0.3 is 9.84 Å². The summed E-state index contributed by atoms with van der Waals surface area (Å²) in [4.78, 5) is 13.9. The van der Waals surface area contributed by atoms with Gasteiger partial charge in [-0.3, -0.25) is 10.2 Å². The largest absolute Gasteiger partial charge is 0.444 e. The van der Waals surface area contributed by atoms with Crippen molar-refractivity contribution in [3.8, 4) is 0 Å². The van der Waals surface area contributed by atoms with Gasteiger partial charge in [0.25, 0.3) is 0 Å². The van der Waals surface area contributed by atoms with E-state index >= 15 is 0 Å². The molecule has 1 aliphatic heterocycles. The van der Waals surface area contributed by atoms with Crippen LogP contribution in [-0.4, -0.2) is 35.3 Å². The second-order valence-corrected chi connectivity index (χ2v) is 6.18. The number of β-amino-alcohol motifs (C(OH)–C–C–N with tert-alkyl or cyclic N) is 1. The fraction of sp³-hybridized carbons (Fsp3) is 0.316. The number of ether oxygens (including phenoxy) is 1. The Morgan fingerprint density at radius 2 is 2.04 bits per heavy atom. The van der Waals surface area contributed by atoms with Gasteiger partial charge >= 0.3 is 6.09 Å². The Hall–Kier alpha value is -2.44. The van der Waals surface area contributed by atoms with Crippen LogP contribution in [0.3, 0.4) is 0 Å². The Kier molecular flexibility index (Phi) is 5.63. The molecule has 1 amide bonds. The van der Waals surface area contributed by atoms with E-state index in [-0.39, 0.29) is 18.4 Å². The smallest absolute Gasteiger partial charge is 0.412 e. The molecule has 0 aromatic heterocycles. The summed E-state index contributed by atoms with van der Waals surface area (Å²) in [5.41, 5.74) is 1.75. The van der Waals surface area contributed by atoms with Gasteiger partial charge in [0.05, 0.1) is 11.8 Å². The lowest BCUT2D eigenvalue weighted by atomic mass is 10.2. The maximum atomic E-state index is 14.2. The first kappa shape index (κ1) is 17.4. The van der Waals surface area contributed by atoms with Crippen LogP contribution < -0.4 is 5.32 Å². The van der Waals surface area contributed by atoms with Crippen molar-refractivity contribution in [3.05, 3.63) is 65.5 Å². The van der Waals surface area contributed by atoms with Crippen molar-refractivity contribution in [2.45, 2.75) is 25.7 Å². The first-order chi connectivity index (χ1) is 12.1. The normalized spacial score (nSPS) is 17.4. The van der Waals surface area contributed by atoms with E-state index in [1.807, 2.05) is 30.3 Å². The number of benzene rings is 2. The first-order valence-corrected chi connectivity index (χ1v) is 8.27. The Bertz CT molecular complexity index is 724. The minimum Gasteiger partial charge on any atom is -0.444 e. The number of hydrogen-bond donors (Lipinski definition) is 2. The van der Waals surface area contributed by atoms with Gasteiger partial charge in [0, 0.05) is 19.6 Å². The van der Waals surface area contributed by atoms with Crippen LogP contribution in [0, 0.1) is 5.82 Å². The van der Waals surface area contributed by atoms with E-state index in [1.54, 1.807) is 6.07 Å². The number of likely N-dealkylation sites (tertiary alicyclic amines) is 1. The molecule has 0 saturated carbocycles. The van der Waals surface area contributed by atoms with Gasteiger partial charge in [-0.1, -0.05) is 36.4 Å². The van der Waals surface area contributed by atoms with Crippen LogP contribution in [0.4, 0.5) is 14.9 Å². The van der Waals surface area contributed by atoms with Gasteiger partial charge in [-0.05, 0) is 29.7 Å². The molecule has 1 saturated heterocycles. The monoisotopic (exact) mass is 344 g/mol. The molecule has 1 aliphatic rings. The van der Waals surface area contributed by atoms with Crippen molar-refractivity contribution >= 4 is 11.8 Å². The molecule has 25 heavy (non-hydrogen) atoms. The molecule has 132 valence electrons. The molecular formula is C19H21FN2O3. The molecule has 0 spiro atoms. The molecule has 1 atom stereocenters. The zero-order chi connectivity index (χ0) is 17.6. The Labute approximate surface area is 146 Å². The van der Waals surface area contributed by atoms with Crippen LogP contribution in [0.5, 0.6) is 0 Å². The molecule has 0 aliphatic carbocycles. The predicted molar refractivity (Wildman–Crippen MR) is 92.6 cm³/mol. The summed E-state index contributed by atoms with van der Waals surface area (Å²) >= 11 is 0. The molecule has 2 aromatic rings. The molecule has 2 aromatic carbocycles. The van der Waals surface area contributed by atoms with Crippen LogP contribution in [0.15, 0.2) is 48.5 Å². The van der Waals surface area contributed by atoms with Gasteiger partial charge in [0.2, 0.25) is 0 Å². The third-order valence-corrected chi connectivity index (χ3v) is 4.14. The molecular weight excluding hydrogens is 323 g/mol. The minimum absolute atomic E-state index is 0.0864. The molecule has 1 heterocycles. The second kappa shape index (κ2) is 8.09. The average molecular weight is 344 g/mol. The van der Waals surface area contributed by atoms with Crippen molar-refractivity contribution in [3.63, 3.8) is 0 Å². The zero-order valence-electron chi connectivity index (χ0n) is 13.8. The van der Waals surface area contributed by atoms with Gasteiger partial charge in [-0.15, -0.1) is 0 Å². The number of aliphatic hydroxyl groups excluding tert-OH is 1. The SMILES string of the molecule is O=C(Nc1ccc(CN2CCC(O)C2)cc1F)OCc1ccccc1. The van der Waals surface area contributed by atoms with Crippen molar-refractivity contribution in [2.24, 2.45) is 0 Å². The number of carbonyl (C=O) groups excluding carboxylic acids is 1. The molecule has 6 heteroatoms. The summed E-state index contributed by atoms with van der Waals surface area (Å²) in [6.07, 6.45) is -0.251. The summed E-state index contributed by atoms with van der Waals surface area (Å²) in [5, 5.41) is 11.9. The molecule has 5 nitrogen and oxygen atoms in total. The lowest BCUT2D eigenvalue weighted by molar-refractivity contribution is 0.155. The zero-order valence-corrected chi connectivity index (χ0v) is 13.8. The average Bonchev–Trinajstić information content (AvgIpc) is 3.01. The fourth-order valence-corrected chi connectivity index (χ4v) is 2.84. The molecule has 1 unspecified atom stereocenters. The first-order valence-electron chi connectivity index (χ1n) is 8.27. The maximum Gasteiger partial charge on any atom is 0.412 e. The minimum atomic E-state index is -0.696. The van der Waals surface area contributed by atoms with E-state index in [0.717, 1.165) is 24.1 Å². The lowest BCUT2D eigenvalue weighted by Crippen LogP contribution is -2.21. The van der Waals surface area contributed by atoms with Crippen molar-refractivity contribution in [1.29, 1.82) is 0 Å². The standard InChI is InChI=1S/C19H21FN2O3/c20-17-10-15(11-22-9-8-16(23)12-22)6-7-18(17)21-19(24)25-13-14-4-2-1-3-5-14/h1-7,10,16,23H,8-9,11-13H2,(H,21,24). The number of hydrogen-bond acceptors (Lipinski definition) is 4. The van der Waals surface area contributed by atoms with Gasteiger partial charge in [-0.25, -0.2) is 9.18 Å². The quantitative estimate of drug-likeness (QED) is 0.875.